The van der Waals surface area contributed by atoms with Gasteiger partial charge in [0.15, 0.2) is 5.82 Å². The Bertz CT molecular complexity index is 687. The number of aromatic nitrogens is 4. The van der Waals surface area contributed by atoms with Crippen molar-refractivity contribution < 1.29 is 0 Å². The predicted molar refractivity (Wildman–Crippen MR) is 76.6 cm³/mol. The van der Waals surface area contributed by atoms with Crippen LogP contribution < -0.4 is 5.32 Å². The minimum Gasteiger partial charge on any atom is -0.364 e. The van der Waals surface area contributed by atoms with Crippen LogP contribution in [0.3, 0.4) is 0 Å². The van der Waals surface area contributed by atoms with E-state index in [1.54, 1.807) is 12.5 Å². The lowest BCUT2D eigenvalue weighted by molar-refractivity contribution is 0.794. The summed E-state index contributed by atoms with van der Waals surface area (Å²) in [5, 5.41) is 11.4. The van der Waals surface area contributed by atoms with E-state index < -0.39 is 0 Å². The molecule has 0 aromatic carbocycles. The van der Waals surface area contributed by atoms with Crippen molar-refractivity contribution in [2.75, 3.05) is 5.32 Å². The molecule has 3 heterocycles. The van der Waals surface area contributed by atoms with Gasteiger partial charge in [0.25, 0.3) is 0 Å². The third-order valence-electron chi connectivity index (χ3n) is 2.90. The van der Waals surface area contributed by atoms with Crippen LogP contribution in [0.25, 0.3) is 5.65 Å². The number of rotatable bonds is 4. The minimum atomic E-state index is 0.299. The topological polar surface area (TPSA) is 55.1 Å². The molecular weight excluding hydrogens is 258 g/mol. The number of hydrogen-bond donors (Lipinski definition) is 1. The van der Waals surface area contributed by atoms with Gasteiger partial charge in [-0.3, -0.25) is 4.40 Å². The molecule has 1 atom stereocenters. The summed E-state index contributed by atoms with van der Waals surface area (Å²) in [6, 6.07) is 4.64. The van der Waals surface area contributed by atoms with E-state index >= 15 is 0 Å². The zero-order chi connectivity index (χ0) is 13.2. The Hall–Kier alpha value is -1.95. The fourth-order valence-electron chi connectivity index (χ4n) is 2.04. The molecule has 0 saturated carbocycles. The smallest absolute Gasteiger partial charge is 0.203 e. The Kier molecular flexibility index (Phi) is 3.16. The van der Waals surface area contributed by atoms with Crippen LogP contribution in [0.15, 0.2) is 30.9 Å². The number of hydrogen-bond acceptors (Lipinski definition) is 5. The van der Waals surface area contributed by atoms with E-state index in [9.17, 15) is 0 Å². The summed E-state index contributed by atoms with van der Waals surface area (Å²) in [5.41, 5.74) is 0.761. The van der Waals surface area contributed by atoms with Crippen LogP contribution >= 0.6 is 11.3 Å². The van der Waals surface area contributed by atoms with Gasteiger partial charge in [0.1, 0.15) is 6.33 Å². The molecule has 0 aliphatic carbocycles. The average Bonchev–Trinajstić information content (AvgIpc) is 2.98. The summed E-state index contributed by atoms with van der Waals surface area (Å²) in [7, 11) is 0. The van der Waals surface area contributed by atoms with Gasteiger partial charge in [-0.2, -0.15) is 0 Å². The molecule has 3 rings (SSSR count). The summed E-state index contributed by atoms with van der Waals surface area (Å²) in [6.45, 7) is 4.28. The van der Waals surface area contributed by atoms with Gasteiger partial charge in [0, 0.05) is 34.6 Å². The van der Waals surface area contributed by atoms with E-state index in [0.717, 1.165) is 17.9 Å². The Balaban J connectivity index is 1.75. The zero-order valence-corrected chi connectivity index (χ0v) is 11.7. The van der Waals surface area contributed by atoms with Crippen LogP contribution in [0.5, 0.6) is 0 Å². The highest BCUT2D eigenvalue weighted by Gasteiger charge is 2.10. The third kappa shape index (κ3) is 2.58. The van der Waals surface area contributed by atoms with Gasteiger partial charge >= 0.3 is 0 Å². The molecular formula is C13H15N5S. The molecule has 0 aliphatic heterocycles. The molecule has 0 saturated heterocycles. The molecule has 1 unspecified atom stereocenters. The number of thiophene rings is 1. The second-order valence-electron chi connectivity index (χ2n) is 4.60. The normalized spacial score (nSPS) is 12.7. The molecule has 5 nitrogen and oxygen atoms in total. The first kappa shape index (κ1) is 12.1. The maximum absolute atomic E-state index is 4.33. The number of aryl methyl sites for hydroxylation is 1. The number of anilines is 1. The van der Waals surface area contributed by atoms with Crippen molar-refractivity contribution in [2.45, 2.75) is 26.3 Å². The predicted octanol–water partition coefficient (Wildman–Crippen LogP) is 2.54. The first-order valence-corrected chi connectivity index (χ1v) is 7.00. The van der Waals surface area contributed by atoms with Crippen LogP contribution in [0.4, 0.5) is 5.82 Å². The summed E-state index contributed by atoms with van der Waals surface area (Å²) in [5.74, 6) is 0.778. The molecule has 3 aromatic rings. The third-order valence-corrected chi connectivity index (χ3v) is 3.93. The van der Waals surface area contributed by atoms with Crippen LogP contribution in [-0.2, 0) is 6.42 Å². The molecule has 1 N–H and O–H groups in total. The Morgan fingerprint density at radius 3 is 3.11 bits per heavy atom. The van der Waals surface area contributed by atoms with Crippen LogP contribution in [0.2, 0.25) is 0 Å². The van der Waals surface area contributed by atoms with Crippen molar-refractivity contribution in [1.82, 2.24) is 19.6 Å². The van der Waals surface area contributed by atoms with Gasteiger partial charge < -0.3 is 5.32 Å². The molecule has 0 spiro atoms. The highest BCUT2D eigenvalue weighted by molar-refractivity contribution is 7.11. The minimum absolute atomic E-state index is 0.299. The lowest BCUT2D eigenvalue weighted by atomic mass is 10.2. The molecule has 0 bridgehead atoms. The summed E-state index contributed by atoms with van der Waals surface area (Å²) < 4.78 is 1.86. The first-order chi connectivity index (χ1) is 9.22. The van der Waals surface area contributed by atoms with Gasteiger partial charge in [-0.25, -0.2) is 4.98 Å². The maximum Gasteiger partial charge on any atom is 0.203 e. The Morgan fingerprint density at radius 2 is 2.32 bits per heavy atom. The van der Waals surface area contributed by atoms with Gasteiger partial charge in [-0.1, -0.05) is 0 Å². The van der Waals surface area contributed by atoms with Crippen LogP contribution in [0.1, 0.15) is 16.7 Å². The Labute approximate surface area is 115 Å². The van der Waals surface area contributed by atoms with Crippen molar-refractivity contribution in [2.24, 2.45) is 0 Å². The largest absolute Gasteiger partial charge is 0.364 e. The van der Waals surface area contributed by atoms with Gasteiger partial charge in [-0.05, 0) is 26.0 Å². The Morgan fingerprint density at radius 1 is 1.42 bits per heavy atom. The lowest BCUT2D eigenvalue weighted by Gasteiger charge is -2.13. The first-order valence-electron chi connectivity index (χ1n) is 6.18. The molecule has 19 heavy (non-hydrogen) atoms. The quantitative estimate of drug-likeness (QED) is 0.793. The van der Waals surface area contributed by atoms with Crippen LogP contribution in [-0.4, -0.2) is 25.6 Å². The van der Waals surface area contributed by atoms with E-state index in [0.29, 0.717) is 6.04 Å². The number of fused-ring (bicyclic) bond motifs is 1. The van der Waals surface area contributed by atoms with E-state index in [-0.39, 0.29) is 0 Å². The van der Waals surface area contributed by atoms with E-state index in [2.05, 4.69) is 46.5 Å². The standard InChI is InChI=1S/C13H15N5S/c1-9(7-11-4-3-10(2)19-11)16-12-13-17-15-8-18(13)6-5-14-12/h3-6,8-9H,7H2,1-2H3,(H,14,16). The fraction of sp³-hybridized carbons (Fsp3) is 0.308. The molecule has 0 fully saturated rings. The SMILES string of the molecule is Cc1ccc(CC(C)Nc2nccn3cnnc23)s1. The molecule has 98 valence electrons. The zero-order valence-electron chi connectivity index (χ0n) is 10.9. The van der Waals surface area contributed by atoms with Gasteiger partial charge in [0.05, 0.1) is 0 Å². The summed E-state index contributed by atoms with van der Waals surface area (Å²) in [4.78, 5) is 7.06. The highest BCUT2D eigenvalue weighted by atomic mass is 32.1. The highest BCUT2D eigenvalue weighted by Crippen LogP contribution is 2.18. The van der Waals surface area contributed by atoms with E-state index in [4.69, 9.17) is 0 Å². The molecule has 6 heteroatoms. The van der Waals surface area contributed by atoms with Crippen molar-refractivity contribution >= 4 is 22.8 Å². The van der Waals surface area contributed by atoms with Crippen molar-refractivity contribution in [3.8, 4) is 0 Å². The molecule has 3 aromatic heterocycles. The fourth-order valence-corrected chi connectivity index (χ4v) is 3.06. The van der Waals surface area contributed by atoms with E-state index in [1.807, 2.05) is 21.9 Å². The lowest BCUT2D eigenvalue weighted by Crippen LogP contribution is -2.19. The monoisotopic (exact) mass is 273 g/mol. The second kappa shape index (κ2) is 4.97. The van der Waals surface area contributed by atoms with Gasteiger partial charge in [-0.15, -0.1) is 21.5 Å². The van der Waals surface area contributed by atoms with E-state index in [1.165, 1.54) is 9.75 Å². The van der Waals surface area contributed by atoms with Crippen molar-refractivity contribution in [1.29, 1.82) is 0 Å². The number of nitrogens with one attached hydrogen (secondary N) is 1. The summed E-state index contributed by atoms with van der Waals surface area (Å²) in [6.07, 6.45) is 6.25. The molecule has 0 aliphatic rings. The molecule has 0 radical (unpaired) electrons. The number of nitrogens with zero attached hydrogens (tertiary/aromatic N) is 4. The average molecular weight is 273 g/mol. The van der Waals surface area contributed by atoms with Crippen LogP contribution in [0, 0.1) is 6.92 Å². The molecule has 0 amide bonds. The van der Waals surface area contributed by atoms with Crippen molar-refractivity contribution in [3.05, 3.63) is 40.6 Å². The summed E-state index contributed by atoms with van der Waals surface area (Å²) >= 11 is 1.84. The van der Waals surface area contributed by atoms with Crippen molar-refractivity contribution in [3.63, 3.8) is 0 Å². The second-order valence-corrected chi connectivity index (χ2v) is 5.97. The maximum atomic E-state index is 4.33. The van der Waals surface area contributed by atoms with Gasteiger partial charge in [0.2, 0.25) is 5.65 Å².